The first-order valence-electron chi connectivity index (χ1n) is 3.30. The van der Waals surface area contributed by atoms with E-state index in [1.165, 1.54) is 0 Å². The molecule has 0 unspecified atom stereocenters. The van der Waals surface area contributed by atoms with E-state index in [4.69, 9.17) is 0 Å². The van der Waals surface area contributed by atoms with E-state index in [2.05, 4.69) is 16.4 Å². The van der Waals surface area contributed by atoms with Crippen molar-refractivity contribution in [2.24, 2.45) is 0 Å². The van der Waals surface area contributed by atoms with Crippen molar-refractivity contribution in [3.63, 3.8) is 0 Å². The van der Waals surface area contributed by atoms with E-state index in [-0.39, 0.29) is 0 Å². The summed E-state index contributed by atoms with van der Waals surface area (Å²) in [5, 5.41) is 0. The summed E-state index contributed by atoms with van der Waals surface area (Å²) >= 11 is 0. The highest BCUT2D eigenvalue weighted by Gasteiger charge is 2.07. The monoisotopic (exact) mass is 170 g/mol. The SMILES string of the molecule is C=CC(=O)OOC(=O)/C(C)=C/C. The summed E-state index contributed by atoms with van der Waals surface area (Å²) in [4.78, 5) is 29.3. The molecule has 0 rings (SSSR count). The van der Waals surface area contributed by atoms with Gasteiger partial charge in [-0.25, -0.2) is 19.4 Å². The van der Waals surface area contributed by atoms with Crippen molar-refractivity contribution in [3.05, 3.63) is 24.3 Å². The van der Waals surface area contributed by atoms with Crippen molar-refractivity contribution < 1.29 is 19.4 Å². The molecule has 0 bridgehead atoms. The Hall–Kier alpha value is -1.58. The first-order chi connectivity index (χ1) is 5.61. The van der Waals surface area contributed by atoms with E-state index in [1.807, 2.05) is 0 Å². The molecule has 0 saturated heterocycles. The van der Waals surface area contributed by atoms with E-state index in [1.54, 1.807) is 19.9 Å². The number of hydrogen-bond donors (Lipinski definition) is 0. The summed E-state index contributed by atoms with van der Waals surface area (Å²) in [6.07, 6.45) is 2.45. The van der Waals surface area contributed by atoms with Crippen LogP contribution in [-0.4, -0.2) is 11.9 Å². The maximum atomic E-state index is 10.8. The molecule has 0 amide bonds. The zero-order valence-electron chi connectivity index (χ0n) is 6.99. The van der Waals surface area contributed by atoms with Crippen molar-refractivity contribution >= 4 is 11.9 Å². The zero-order chi connectivity index (χ0) is 9.56. The molecule has 0 aliphatic rings. The molecule has 0 saturated carbocycles. The van der Waals surface area contributed by atoms with Gasteiger partial charge in [0.15, 0.2) is 0 Å². The summed E-state index contributed by atoms with van der Waals surface area (Å²) in [6, 6.07) is 0. The maximum absolute atomic E-state index is 10.8. The highest BCUT2D eigenvalue weighted by molar-refractivity contribution is 5.88. The summed E-state index contributed by atoms with van der Waals surface area (Å²) < 4.78 is 0. The quantitative estimate of drug-likeness (QED) is 0.354. The Balaban J connectivity index is 3.87. The first-order valence-corrected chi connectivity index (χ1v) is 3.30. The van der Waals surface area contributed by atoms with Crippen LogP contribution in [0.4, 0.5) is 0 Å². The second kappa shape index (κ2) is 5.12. The zero-order valence-corrected chi connectivity index (χ0v) is 6.99. The minimum Gasteiger partial charge on any atom is -0.242 e. The van der Waals surface area contributed by atoms with Gasteiger partial charge in [0, 0.05) is 11.6 Å². The lowest BCUT2D eigenvalue weighted by atomic mass is 10.3. The Labute approximate surface area is 70.4 Å². The fourth-order valence-electron chi connectivity index (χ4n) is 0.297. The van der Waals surface area contributed by atoms with E-state index >= 15 is 0 Å². The molecule has 0 atom stereocenters. The summed E-state index contributed by atoms with van der Waals surface area (Å²) in [5.74, 6) is -1.49. The molecular formula is C8H10O4. The molecule has 12 heavy (non-hydrogen) atoms. The van der Waals surface area contributed by atoms with Crippen molar-refractivity contribution in [1.82, 2.24) is 0 Å². The predicted octanol–water partition coefficient (Wildman–Crippen LogP) is 1.14. The third-order valence-electron chi connectivity index (χ3n) is 1.12. The molecule has 0 aromatic carbocycles. The van der Waals surface area contributed by atoms with Crippen LogP contribution in [0.15, 0.2) is 24.3 Å². The molecule has 0 N–H and O–H groups in total. The summed E-state index contributed by atoms with van der Waals surface area (Å²) in [5.41, 5.74) is 0.367. The van der Waals surface area contributed by atoms with Gasteiger partial charge in [-0.3, -0.25) is 0 Å². The van der Waals surface area contributed by atoms with Gasteiger partial charge in [0.05, 0.1) is 0 Å². The van der Waals surface area contributed by atoms with Gasteiger partial charge in [0.25, 0.3) is 0 Å². The van der Waals surface area contributed by atoms with Crippen LogP contribution in [0.3, 0.4) is 0 Å². The molecule has 0 heterocycles. The van der Waals surface area contributed by atoms with Gasteiger partial charge in [-0.1, -0.05) is 12.7 Å². The fraction of sp³-hybridized carbons (Fsp3) is 0.250. The fourth-order valence-corrected chi connectivity index (χ4v) is 0.297. The van der Waals surface area contributed by atoms with Crippen LogP contribution in [0, 0.1) is 0 Å². The normalized spacial score (nSPS) is 10.3. The maximum Gasteiger partial charge on any atom is 0.381 e. The van der Waals surface area contributed by atoms with Gasteiger partial charge in [0.1, 0.15) is 0 Å². The number of carbonyl (C=O) groups is 2. The Bertz CT molecular complexity index is 227. The van der Waals surface area contributed by atoms with Crippen LogP contribution in [-0.2, 0) is 19.4 Å². The molecule has 4 heteroatoms. The minimum atomic E-state index is -0.799. The molecule has 0 aliphatic carbocycles. The van der Waals surface area contributed by atoms with Crippen LogP contribution in [0.25, 0.3) is 0 Å². The highest BCUT2D eigenvalue weighted by atomic mass is 17.2. The van der Waals surface area contributed by atoms with Gasteiger partial charge >= 0.3 is 11.9 Å². The van der Waals surface area contributed by atoms with Crippen LogP contribution < -0.4 is 0 Å². The third-order valence-corrected chi connectivity index (χ3v) is 1.12. The van der Waals surface area contributed by atoms with Crippen LogP contribution >= 0.6 is 0 Å². The van der Waals surface area contributed by atoms with Crippen molar-refractivity contribution in [1.29, 1.82) is 0 Å². The van der Waals surface area contributed by atoms with Gasteiger partial charge < -0.3 is 0 Å². The number of allylic oxidation sites excluding steroid dienone is 1. The van der Waals surface area contributed by atoms with Crippen molar-refractivity contribution in [2.45, 2.75) is 13.8 Å². The first kappa shape index (κ1) is 10.4. The standard InChI is InChI=1S/C8H10O4/c1-4-6(3)8(10)12-11-7(9)5-2/h4-5H,2H2,1,3H3/b6-4+. The largest absolute Gasteiger partial charge is 0.381 e. The van der Waals surface area contributed by atoms with Crippen LogP contribution in [0.2, 0.25) is 0 Å². The minimum absolute atomic E-state index is 0.367. The molecule has 0 aromatic rings. The van der Waals surface area contributed by atoms with E-state index in [0.29, 0.717) is 5.57 Å². The van der Waals surface area contributed by atoms with E-state index in [0.717, 1.165) is 6.08 Å². The Morgan fingerprint density at radius 3 is 2.33 bits per heavy atom. The molecule has 0 aliphatic heterocycles. The van der Waals surface area contributed by atoms with Gasteiger partial charge in [0.2, 0.25) is 0 Å². The average Bonchev–Trinajstić information content (AvgIpc) is 2.11. The Morgan fingerprint density at radius 1 is 1.33 bits per heavy atom. The number of carbonyl (C=O) groups excluding carboxylic acids is 2. The molecule has 66 valence electrons. The lowest BCUT2D eigenvalue weighted by Gasteiger charge is -1.99. The molecule has 0 radical (unpaired) electrons. The molecule has 4 nitrogen and oxygen atoms in total. The highest BCUT2D eigenvalue weighted by Crippen LogP contribution is 1.96. The lowest BCUT2D eigenvalue weighted by molar-refractivity contribution is -0.251. The van der Waals surface area contributed by atoms with Crippen molar-refractivity contribution in [3.8, 4) is 0 Å². The molecule has 0 fully saturated rings. The van der Waals surface area contributed by atoms with Gasteiger partial charge in [-0.2, -0.15) is 0 Å². The second-order valence-electron chi connectivity index (χ2n) is 1.95. The number of rotatable bonds is 2. The van der Waals surface area contributed by atoms with Crippen LogP contribution in [0.5, 0.6) is 0 Å². The Kier molecular flexibility index (Phi) is 4.45. The second-order valence-corrected chi connectivity index (χ2v) is 1.95. The summed E-state index contributed by atoms with van der Waals surface area (Å²) in [6.45, 7) is 6.34. The van der Waals surface area contributed by atoms with Crippen LogP contribution in [0.1, 0.15) is 13.8 Å². The van der Waals surface area contributed by atoms with E-state index < -0.39 is 11.9 Å². The lowest BCUT2D eigenvalue weighted by Crippen LogP contribution is -2.09. The summed E-state index contributed by atoms with van der Waals surface area (Å²) in [7, 11) is 0. The van der Waals surface area contributed by atoms with Crippen molar-refractivity contribution in [2.75, 3.05) is 0 Å². The number of hydrogen-bond acceptors (Lipinski definition) is 4. The smallest absolute Gasteiger partial charge is 0.242 e. The van der Waals surface area contributed by atoms with E-state index in [9.17, 15) is 9.59 Å². The molecule has 0 spiro atoms. The molecule has 0 aromatic heterocycles. The predicted molar refractivity (Wildman–Crippen MR) is 41.8 cm³/mol. The Morgan fingerprint density at radius 2 is 1.92 bits per heavy atom. The van der Waals surface area contributed by atoms with Gasteiger partial charge in [-0.05, 0) is 13.8 Å². The third kappa shape index (κ3) is 3.55. The topological polar surface area (TPSA) is 52.6 Å². The molecular weight excluding hydrogens is 160 g/mol. The van der Waals surface area contributed by atoms with Gasteiger partial charge in [-0.15, -0.1) is 0 Å². The average molecular weight is 170 g/mol.